The molecule has 1 saturated heterocycles. The van der Waals surface area contributed by atoms with Crippen LogP contribution in [0.4, 0.5) is 11.5 Å². The summed E-state index contributed by atoms with van der Waals surface area (Å²) in [4.78, 5) is 27.5. The molecule has 3 aromatic rings. The fourth-order valence-electron chi connectivity index (χ4n) is 5.91. The highest BCUT2D eigenvalue weighted by molar-refractivity contribution is 5.96. The molecule has 184 valence electrons. The van der Waals surface area contributed by atoms with Gasteiger partial charge in [-0.2, -0.15) is 0 Å². The largest absolute Gasteiger partial charge is 0.396 e. The van der Waals surface area contributed by atoms with E-state index in [1.54, 1.807) is 6.08 Å². The molecule has 1 atom stereocenters. The molecular formula is C30H33N5O. The zero-order valence-electron chi connectivity index (χ0n) is 20.7. The Labute approximate surface area is 212 Å². The first kappa shape index (κ1) is 21.8. The van der Waals surface area contributed by atoms with E-state index in [4.69, 9.17) is 15.7 Å². The van der Waals surface area contributed by atoms with Crippen molar-refractivity contribution in [3.05, 3.63) is 54.4 Å². The fraction of sp³-hybridized carbons (Fsp3) is 0.433. The monoisotopic (exact) mass is 479 g/mol. The summed E-state index contributed by atoms with van der Waals surface area (Å²) in [6.45, 7) is 6.27. The predicted octanol–water partition coefficient (Wildman–Crippen LogP) is 5.24. The van der Waals surface area contributed by atoms with Crippen LogP contribution in [0.25, 0.3) is 28.1 Å². The molecule has 3 heterocycles. The van der Waals surface area contributed by atoms with Crippen molar-refractivity contribution in [3.8, 4) is 11.1 Å². The number of amides is 1. The average Bonchev–Trinajstić information content (AvgIpc) is 3.76. The van der Waals surface area contributed by atoms with Gasteiger partial charge >= 0.3 is 0 Å². The number of anilines is 2. The van der Waals surface area contributed by atoms with Gasteiger partial charge in [0.1, 0.15) is 0 Å². The molecular weight excluding hydrogens is 446 g/mol. The van der Waals surface area contributed by atoms with Gasteiger partial charge in [0, 0.05) is 42.4 Å². The van der Waals surface area contributed by atoms with Crippen molar-refractivity contribution >= 4 is 34.4 Å². The number of carbonyl (C=O) groups excluding carboxylic acids is 1. The molecule has 4 aliphatic rings. The maximum absolute atomic E-state index is 13.0. The third-order valence-electron chi connectivity index (χ3n) is 8.37. The summed E-state index contributed by atoms with van der Waals surface area (Å²) in [5.74, 6) is 2.66. The summed E-state index contributed by atoms with van der Waals surface area (Å²) in [5, 5.41) is 1.11. The van der Waals surface area contributed by atoms with Gasteiger partial charge in [-0.15, -0.1) is 0 Å². The minimum atomic E-state index is 0.277. The predicted molar refractivity (Wildman–Crippen MR) is 145 cm³/mol. The second-order valence-electron chi connectivity index (χ2n) is 11.1. The Hall–Kier alpha value is -3.41. The zero-order chi connectivity index (χ0) is 24.4. The van der Waals surface area contributed by atoms with E-state index in [0.717, 1.165) is 77.4 Å². The SMILES string of the molecule is C=Cc1ccc2c(-c3cc(N)c(N4CCN(C(=O)C5CC5)[C@H](C5CC5)C4)nc3C3CC3)cccc2n1. The van der Waals surface area contributed by atoms with Crippen LogP contribution in [0.15, 0.2) is 43.0 Å². The number of piperazine rings is 1. The third kappa shape index (κ3) is 3.83. The molecule has 1 aliphatic heterocycles. The molecule has 1 aromatic carbocycles. The molecule has 0 unspecified atom stereocenters. The number of nitrogens with two attached hydrogens (primary N) is 1. The van der Waals surface area contributed by atoms with E-state index >= 15 is 0 Å². The Morgan fingerprint density at radius 1 is 1.00 bits per heavy atom. The van der Waals surface area contributed by atoms with Crippen LogP contribution < -0.4 is 10.6 Å². The van der Waals surface area contributed by atoms with E-state index in [0.29, 0.717) is 23.8 Å². The summed E-state index contributed by atoms with van der Waals surface area (Å²) in [6.07, 6.45) is 8.70. The van der Waals surface area contributed by atoms with Gasteiger partial charge in [0.2, 0.25) is 5.91 Å². The average molecular weight is 480 g/mol. The molecule has 3 saturated carbocycles. The van der Waals surface area contributed by atoms with Crippen molar-refractivity contribution in [2.75, 3.05) is 30.3 Å². The van der Waals surface area contributed by atoms with E-state index in [1.807, 2.05) is 12.1 Å². The lowest BCUT2D eigenvalue weighted by Gasteiger charge is -2.43. The standard InChI is InChI=1S/C30H33N5O/c1-2-21-12-13-23-22(4-3-5-26(23)32-21)24-16-25(31)29(33-28(24)19-8-9-19)34-14-15-35(30(36)20-10-11-20)27(17-34)18-6-7-18/h2-5,12-13,16,18-20,27H,1,6-11,14-15,17,31H2/t27-/m0/s1. The highest BCUT2D eigenvalue weighted by Gasteiger charge is 2.45. The first-order valence-corrected chi connectivity index (χ1v) is 13.5. The molecule has 6 nitrogen and oxygen atoms in total. The molecule has 0 bridgehead atoms. The van der Waals surface area contributed by atoms with Gasteiger partial charge in [0.15, 0.2) is 5.82 Å². The smallest absolute Gasteiger partial charge is 0.226 e. The molecule has 36 heavy (non-hydrogen) atoms. The van der Waals surface area contributed by atoms with E-state index in [1.165, 1.54) is 25.7 Å². The molecule has 2 aromatic heterocycles. The Balaban J connectivity index is 1.25. The minimum absolute atomic E-state index is 0.277. The van der Waals surface area contributed by atoms with Crippen molar-refractivity contribution < 1.29 is 4.79 Å². The number of nitrogen functional groups attached to an aromatic ring is 1. The Morgan fingerprint density at radius 3 is 2.56 bits per heavy atom. The van der Waals surface area contributed by atoms with Gasteiger partial charge in [-0.1, -0.05) is 24.8 Å². The van der Waals surface area contributed by atoms with E-state index in [2.05, 4.69) is 40.6 Å². The Morgan fingerprint density at radius 2 is 1.83 bits per heavy atom. The third-order valence-corrected chi connectivity index (χ3v) is 8.37. The molecule has 6 heteroatoms. The summed E-state index contributed by atoms with van der Waals surface area (Å²) in [7, 11) is 0. The molecule has 3 aliphatic carbocycles. The Bertz CT molecular complexity index is 1370. The molecule has 0 radical (unpaired) electrons. The van der Waals surface area contributed by atoms with Gasteiger partial charge < -0.3 is 15.5 Å². The van der Waals surface area contributed by atoms with E-state index in [9.17, 15) is 4.79 Å². The number of fused-ring (bicyclic) bond motifs is 1. The second kappa shape index (κ2) is 8.32. The van der Waals surface area contributed by atoms with Crippen LogP contribution in [0.3, 0.4) is 0 Å². The normalized spacial score (nSPS) is 22.2. The lowest BCUT2D eigenvalue weighted by Crippen LogP contribution is -2.57. The van der Waals surface area contributed by atoms with Crippen LogP contribution >= 0.6 is 0 Å². The van der Waals surface area contributed by atoms with Gasteiger partial charge in [0.25, 0.3) is 0 Å². The number of nitrogens with zero attached hydrogens (tertiary/aromatic N) is 4. The van der Waals surface area contributed by atoms with Gasteiger partial charge in [0.05, 0.1) is 28.6 Å². The highest BCUT2D eigenvalue weighted by atomic mass is 16.2. The van der Waals surface area contributed by atoms with Crippen molar-refractivity contribution in [2.45, 2.75) is 50.5 Å². The number of benzene rings is 1. The summed E-state index contributed by atoms with van der Waals surface area (Å²) in [5.41, 5.74) is 12.7. The number of hydrogen-bond acceptors (Lipinski definition) is 5. The lowest BCUT2D eigenvalue weighted by atomic mass is 9.96. The Kier molecular flexibility index (Phi) is 5.05. The molecule has 2 N–H and O–H groups in total. The van der Waals surface area contributed by atoms with Gasteiger partial charge in [-0.3, -0.25) is 4.79 Å². The fourth-order valence-corrected chi connectivity index (χ4v) is 5.91. The number of rotatable bonds is 6. The second-order valence-corrected chi connectivity index (χ2v) is 11.1. The summed E-state index contributed by atoms with van der Waals surface area (Å²) < 4.78 is 0. The van der Waals surface area contributed by atoms with Crippen molar-refractivity contribution in [1.29, 1.82) is 0 Å². The summed E-state index contributed by atoms with van der Waals surface area (Å²) >= 11 is 0. The quantitative estimate of drug-likeness (QED) is 0.524. The van der Waals surface area contributed by atoms with Crippen molar-refractivity contribution in [3.63, 3.8) is 0 Å². The van der Waals surface area contributed by atoms with Crippen molar-refractivity contribution in [2.24, 2.45) is 11.8 Å². The highest BCUT2D eigenvalue weighted by Crippen LogP contribution is 2.47. The van der Waals surface area contributed by atoms with E-state index in [-0.39, 0.29) is 5.92 Å². The molecule has 1 amide bonds. The van der Waals surface area contributed by atoms with Crippen LogP contribution in [0.1, 0.15) is 55.8 Å². The maximum atomic E-state index is 13.0. The molecule has 0 spiro atoms. The maximum Gasteiger partial charge on any atom is 0.226 e. The van der Waals surface area contributed by atoms with Crippen LogP contribution in [0.5, 0.6) is 0 Å². The van der Waals surface area contributed by atoms with E-state index < -0.39 is 0 Å². The molecule has 7 rings (SSSR count). The zero-order valence-corrected chi connectivity index (χ0v) is 20.7. The first-order chi connectivity index (χ1) is 17.6. The van der Waals surface area contributed by atoms with Crippen molar-refractivity contribution in [1.82, 2.24) is 14.9 Å². The van der Waals surface area contributed by atoms with Crippen LogP contribution in [0.2, 0.25) is 0 Å². The molecule has 4 fully saturated rings. The van der Waals surface area contributed by atoms with Gasteiger partial charge in [-0.25, -0.2) is 9.97 Å². The number of aromatic nitrogens is 2. The lowest BCUT2D eigenvalue weighted by molar-refractivity contribution is -0.135. The topological polar surface area (TPSA) is 75.3 Å². The van der Waals surface area contributed by atoms with Gasteiger partial charge in [-0.05, 0) is 74.3 Å². The minimum Gasteiger partial charge on any atom is -0.396 e. The number of pyridine rings is 2. The van der Waals surface area contributed by atoms with Crippen LogP contribution in [-0.2, 0) is 4.79 Å². The first-order valence-electron chi connectivity index (χ1n) is 13.5. The summed E-state index contributed by atoms with van der Waals surface area (Å²) in [6, 6.07) is 12.8. The van der Waals surface area contributed by atoms with Crippen LogP contribution in [0, 0.1) is 11.8 Å². The van der Waals surface area contributed by atoms with Crippen LogP contribution in [-0.4, -0.2) is 46.5 Å². The number of carbonyl (C=O) groups is 1. The number of hydrogen-bond donors (Lipinski definition) is 1.